The number of rotatable bonds is 9. The summed E-state index contributed by atoms with van der Waals surface area (Å²) in [6.45, 7) is 4.53. The number of hydrogen-bond acceptors (Lipinski definition) is 5. The van der Waals surface area contributed by atoms with Crippen molar-refractivity contribution >= 4 is 27.4 Å². The van der Waals surface area contributed by atoms with E-state index in [1.165, 1.54) is 0 Å². The van der Waals surface area contributed by atoms with Crippen molar-refractivity contribution in [1.29, 1.82) is 0 Å². The normalized spacial score (nSPS) is 10.8. The fourth-order valence-electron chi connectivity index (χ4n) is 2.46. The zero-order valence-electron chi connectivity index (χ0n) is 16.1. The summed E-state index contributed by atoms with van der Waals surface area (Å²) in [5.74, 6) is 0.814. The second kappa shape index (κ2) is 9.84. The van der Waals surface area contributed by atoms with E-state index in [9.17, 15) is 13.2 Å². The van der Waals surface area contributed by atoms with Gasteiger partial charge < -0.3 is 20.1 Å². The molecule has 2 amide bonds. The number of amides is 2. The van der Waals surface area contributed by atoms with Gasteiger partial charge in [0.2, 0.25) is 10.0 Å². The molecular formula is C19H25N3O5S. The van der Waals surface area contributed by atoms with Gasteiger partial charge in [-0.05, 0) is 32.0 Å². The van der Waals surface area contributed by atoms with Crippen LogP contribution in [0.3, 0.4) is 0 Å². The van der Waals surface area contributed by atoms with Gasteiger partial charge in [-0.3, -0.25) is 4.72 Å². The Balaban J connectivity index is 2.21. The van der Waals surface area contributed by atoms with E-state index in [1.54, 1.807) is 31.2 Å². The molecule has 0 saturated carbocycles. The zero-order chi connectivity index (χ0) is 20.6. The number of nitrogens with one attached hydrogen (secondary N) is 3. The van der Waals surface area contributed by atoms with Crippen molar-refractivity contribution in [2.75, 3.05) is 29.5 Å². The van der Waals surface area contributed by atoms with E-state index in [0.717, 1.165) is 6.26 Å². The Morgan fingerprint density at radius 1 is 1.00 bits per heavy atom. The molecule has 0 aliphatic carbocycles. The van der Waals surface area contributed by atoms with Gasteiger partial charge in [0, 0.05) is 23.9 Å². The first-order valence-corrected chi connectivity index (χ1v) is 10.7. The number of para-hydroxylation sites is 1. The molecule has 0 aromatic heterocycles. The van der Waals surface area contributed by atoms with Crippen LogP contribution in [0.2, 0.25) is 0 Å². The standard InChI is InChI=1S/C19H25N3O5S/c1-4-26-17-12-16(22-28(3,24)25)18(27-5-2)11-14(17)13-20-19(23)21-15-9-7-6-8-10-15/h6-12,22H,4-5,13H2,1-3H3,(H2,20,21,23). The molecule has 0 spiro atoms. The van der Waals surface area contributed by atoms with Crippen molar-refractivity contribution in [3.05, 3.63) is 48.0 Å². The van der Waals surface area contributed by atoms with E-state index in [-0.39, 0.29) is 18.3 Å². The lowest BCUT2D eigenvalue weighted by Gasteiger charge is -2.17. The molecule has 0 bridgehead atoms. The minimum atomic E-state index is -3.49. The van der Waals surface area contributed by atoms with Crippen LogP contribution in [0, 0.1) is 0 Å². The average Bonchev–Trinajstić information content (AvgIpc) is 2.62. The largest absolute Gasteiger partial charge is 0.493 e. The van der Waals surface area contributed by atoms with Crippen LogP contribution in [-0.2, 0) is 16.6 Å². The molecule has 2 aromatic rings. The number of hydrogen-bond donors (Lipinski definition) is 3. The molecule has 0 fully saturated rings. The van der Waals surface area contributed by atoms with Crippen molar-refractivity contribution in [3.8, 4) is 11.5 Å². The third-order valence-corrected chi connectivity index (χ3v) is 4.12. The fraction of sp³-hybridized carbons (Fsp3) is 0.316. The van der Waals surface area contributed by atoms with E-state index >= 15 is 0 Å². The van der Waals surface area contributed by atoms with Crippen LogP contribution in [0.1, 0.15) is 19.4 Å². The smallest absolute Gasteiger partial charge is 0.319 e. The zero-order valence-corrected chi connectivity index (χ0v) is 16.9. The number of carbonyl (C=O) groups excluding carboxylic acids is 1. The van der Waals surface area contributed by atoms with Gasteiger partial charge in [-0.1, -0.05) is 18.2 Å². The van der Waals surface area contributed by atoms with Gasteiger partial charge in [0.25, 0.3) is 0 Å². The van der Waals surface area contributed by atoms with Gasteiger partial charge in [0.15, 0.2) is 0 Å². The van der Waals surface area contributed by atoms with Crippen LogP contribution in [0.15, 0.2) is 42.5 Å². The molecule has 152 valence electrons. The molecule has 0 heterocycles. The lowest BCUT2D eigenvalue weighted by molar-refractivity contribution is 0.251. The van der Waals surface area contributed by atoms with E-state index in [1.807, 2.05) is 25.1 Å². The fourth-order valence-corrected chi connectivity index (χ4v) is 3.02. The van der Waals surface area contributed by atoms with Crippen LogP contribution < -0.4 is 24.8 Å². The maximum Gasteiger partial charge on any atom is 0.319 e. The average molecular weight is 407 g/mol. The van der Waals surface area contributed by atoms with Crippen molar-refractivity contribution in [3.63, 3.8) is 0 Å². The number of ether oxygens (including phenoxy) is 2. The maximum absolute atomic E-state index is 12.1. The van der Waals surface area contributed by atoms with E-state index in [0.29, 0.717) is 36.0 Å². The highest BCUT2D eigenvalue weighted by molar-refractivity contribution is 7.92. The summed E-state index contributed by atoms with van der Waals surface area (Å²) in [5.41, 5.74) is 1.62. The lowest BCUT2D eigenvalue weighted by Crippen LogP contribution is -2.28. The van der Waals surface area contributed by atoms with Gasteiger partial charge in [-0.25, -0.2) is 13.2 Å². The van der Waals surface area contributed by atoms with Gasteiger partial charge in [0.05, 0.1) is 25.2 Å². The van der Waals surface area contributed by atoms with E-state index in [4.69, 9.17) is 9.47 Å². The van der Waals surface area contributed by atoms with E-state index in [2.05, 4.69) is 15.4 Å². The second-order valence-corrected chi connectivity index (χ2v) is 7.62. The molecule has 3 N–H and O–H groups in total. The Kier molecular flexibility index (Phi) is 7.51. The Hall–Kier alpha value is -2.94. The van der Waals surface area contributed by atoms with Crippen molar-refractivity contribution < 1.29 is 22.7 Å². The molecule has 8 nitrogen and oxygen atoms in total. The van der Waals surface area contributed by atoms with Gasteiger partial charge in [-0.15, -0.1) is 0 Å². The Labute approximate surface area is 165 Å². The summed E-state index contributed by atoms with van der Waals surface area (Å²) >= 11 is 0. The van der Waals surface area contributed by atoms with Crippen LogP contribution in [0.25, 0.3) is 0 Å². The highest BCUT2D eigenvalue weighted by Gasteiger charge is 2.15. The van der Waals surface area contributed by atoms with E-state index < -0.39 is 10.0 Å². The Morgan fingerprint density at radius 2 is 1.64 bits per heavy atom. The van der Waals surface area contributed by atoms with Crippen LogP contribution >= 0.6 is 0 Å². The molecule has 0 aliphatic heterocycles. The quantitative estimate of drug-likeness (QED) is 0.592. The number of benzene rings is 2. The second-order valence-electron chi connectivity index (χ2n) is 5.87. The maximum atomic E-state index is 12.1. The molecule has 0 saturated heterocycles. The third-order valence-electron chi connectivity index (χ3n) is 3.53. The van der Waals surface area contributed by atoms with Gasteiger partial charge in [-0.2, -0.15) is 0 Å². The monoisotopic (exact) mass is 407 g/mol. The molecule has 9 heteroatoms. The molecule has 2 aromatic carbocycles. The minimum absolute atomic E-state index is 0.174. The molecule has 2 rings (SSSR count). The van der Waals surface area contributed by atoms with Crippen molar-refractivity contribution in [1.82, 2.24) is 5.32 Å². The number of urea groups is 1. The molecule has 28 heavy (non-hydrogen) atoms. The molecule has 0 aliphatic rings. The number of sulfonamides is 1. The van der Waals surface area contributed by atoms with Crippen LogP contribution in [-0.4, -0.2) is 33.9 Å². The summed E-state index contributed by atoms with van der Waals surface area (Å²) in [5, 5.41) is 5.49. The highest BCUT2D eigenvalue weighted by atomic mass is 32.2. The summed E-state index contributed by atoms with van der Waals surface area (Å²) < 4.78 is 36.8. The van der Waals surface area contributed by atoms with Crippen LogP contribution in [0.5, 0.6) is 11.5 Å². The van der Waals surface area contributed by atoms with Gasteiger partial charge >= 0.3 is 6.03 Å². The highest BCUT2D eigenvalue weighted by Crippen LogP contribution is 2.34. The Morgan fingerprint density at radius 3 is 2.25 bits per heavy atom. The summed E-state index contributed by atoms with van der Waals surface area (Å²) in [4.78, 5) is 12.1. The van der Waals surface area contributed by atoms with Crippen molar-refractivity contribution in [2.45, 2.75) is 20.4 Å². The summed E-state index contributed by atoms with van der Waals surface area (Å²) in [6.07, 6.45) is 1.06. The predicted molar refractivity (Wildman–Crippen MR) is 110 cm³/mol. The third kappa shape index (κ3) is 6.66. The van der Waals surface area contributed by atoms with Crippen molar-refractivity contribution in [2.24, 2.45) is 0 Å². The Bertz CT molecular complexity index is 901. The minimum Gasteiger partial charge on any atom is -0.493 e. The number of anilines is 2. The first-order chi connectivity index (χ1) is 13.3. The first-order valence-electron chi connectivity index (χ1n) is 8.82. The number of carbonyl (C=O) groups is 1. The molecule has 0 radical (unpaired) electrons. The van der Waals surface area contributed by atoms with Crippen LogP contribution in [0.4, 0.5) is 16.2 Å². The predicted octanol–water partition coefficient (Wildman–Crippen LogP) is 3.18. The van der Waals surface area contributed by atoms with Gasteiger partial charge in [0.1, 0.15) is 11.5 Å². The lowest BCUT2D eigenvalue weighted by atomic mass is 10.1. The molecular weight excluding hydrogens is 382 g/mol. The molecule has 0 unspecified atom stereocenters. The SMILES string of the molecule is CCOc1cc(NS(C)(=O)=O)c(OCC)cc1CNC(=O)Nc1ccccc1. The summed E-state index contributed by atoms with van der Waals surface area (Å²) in [6, 6.07) is 11.9. The topological polar surface area (TPSA) is 106 Å². The molecule has 0 atom stereocenters. The summed E-state index contributed by atoms with van der Waals surface area (Å²) in [7, 11) is -3.49. The first kappa shape index (κ1) is 21.4.